The van der Waals surface area contributed by atoms with Crippen LogP contribution in [0.3, 0.4) is 0 Å². The average molecular weight is 269 g/mol. The standard InChI is InChI=1S/C13H14Cl2N2/c14-11-5-3-6-12(15)10(11)4-1-2-7-13-16-8-9-17-13/h3,5-6,8-9H,1-2,4,7H2,(H,16,17). The Morgan fingerprint density at radius 2 is 1.76 bits per heavy atom. The molecule has 1 N–H and O–H groups in total. The van der Waals surface area contributed by atoms with Gasteiger partial charge in [0, 0.05) is 28.9 Å². The number of hydrogen-bond acceptors (Lipinski definition) is 1. The van der Waals surface area contributed by atoms with E-state index in [9.17, 15) is 0 Å². The van der Waals surface area contributed by atoms with Crippen LogP contribution in [0, 0.1) is 0 Å². The lowest BCUT2D eigenvalue weighted by atomic mass is 10.1. The molecule has 1 aromatic carbocycles. The molecule has 0 amide bonds. The summed E-state index contributed by atoms with van der Waals surface area (Å²) in [7, 11) is 0. The van der Waals surface area contributed by atoms with E-state index in [2.05, 4.69) is 9.97 Å². The molecule has 0 radical (unpaired) electrons. The van der Waals surface area contributed by atoms with E-state index in [4.69, 9.17) is 23.2 Å². The van der Waals surface area contributed by atoms with E-state index in [1.165, 1.54) is 0 Å². The highest BCUT2D eigenvalue weighted by Crippen LogP contribution is 2.25. The maximum absolute atomic E-state index is 6.11. The fraction of sp³-hybridized carbons (Fsp3) is 0.308. The number of hydrogen-bond donors (Lipinski definition) is 1. The number of aromatic nitrogens is 2. The van der Waals surface area contributed by atoms with Gasteiger partial charge in [0.1, 0.15) is 5.82 Å². The summed E-state index contributed by atoms with van der Waals surface area (Å²) in [5, 5.41) is 1.52. The van der Waals surface area contributed by atoms with Gasteiger partial charge in [0.15, 0.2) is 0 Å². The molecule has 0 bridgehead atoms. The SMILES string of the molecule is Clc1cccc(Cl)c1CCCCc1ncc[nH]1. The molecule has 2 rings (SSSR count). The van der Waals surface area contributed by atoms with E-state index < -0.39 is 0 Å². The highest BCUT2D eigenvalue weighted by Gasteiger charge is 2.05. The predicted molar refractivity (Wildman–Crippen MR) is 71.7 cm³/mol. The quantitative estimate of drug-likeness (QED) is 0.806. The van der Waals surface area contributed by atoms with Crippen LogP contribution in [-0.2, 0) is 12.8 Å². The van der Waals surface area contributed by atoms with Gasteiger partial charge in [-0.25, -0.2) is 4.98 Å². The highest BCUT2D eigenvalue weighted by atomic mass is 35.5. The highest BCUT2D eigenvalue weighted by molar-refractivity contribution is 6.35. The molecule has 1 aromatic heterocycles. The van der Waals surface area contributed by atoms with Crippen LogP contribution in [0.4, 0.5) is 0 Å². The number of aryl methyl sites for hydroxylation is 1. The number of halogens is 2. The third-order valence-corrected chi connectivity index (χ3v) is 3.42. The van der Waals surface area contributed by atoms with E-state index in [-0.39, 0.29) is 0 Å². The van der Waals surface area contributed by atoms with Gasteiger partial charge in [-0.05, 0) is 37.0 Å². The lowest BCUT2D eigenvalue weighted by Gasteiger charge is -2.06. The molecule has 0 atom stereocenters. The molecular weight excluding hydrogens is 255 g/mol. The third-order valence-electron chi connectivity index (χ3n) is 2.71. The number of aromatic amines is 1. The minimum absolute atomic E-state index is 0.760. The van der Waals surface area contributed by atoms with Crippen molar-refractivity contribution in [1.82, 2.24) is 9.97 Å². The Hall–Kier alpha value is -0.990. The summed E-state index contributed by atoms with van der Waals surface area (Å²) in [5.74, 6) is 1.04. The van der Waals surface area contributed by atoms with Crippen molar-refractivity contribution in [3.05, 3.63) is 52.0 Å². The van der Waals surface area contributed by atoms with Crippen LogP contribution in [0.25, 0.3) is 0 Å². The second-order valence-electron chi connectivity index (χ2n) is 3.94. The topological polar surface area (TPSA) is 28.7 Å². The molecule has 0 aliphatic heterocycles. The first-order valence-corrected chi connectivity index (χ1v) is 6.44. The maximum Gasteiger partial charge on any atom is 0.105 e. The molecule has 0 unspecified atom stereocenters. The fourth-order valence-corrected chi connectivity index (χ4v) is 2.39. The molecule has 2 nitrogen and oxygen atoms in total. The van der Waals surface area contributed by atoms with Crippen molar-refractivity contribution in [1.29, 1.82) is 0 Å². The Labute approximate surface area is 111 Å². The number of unbranched alkanes of at least 4 members (excludes halogenated alkanes) is 1. The smallest absolute Gasteiger partial charge is 0.105 e. The first kappa shape index (κ1) is 12.5. The van der Waals surface area contributed by atoms with Crippen LogP contribution in [0.15, 0.2) is 30.6 Å². The number of rotatable bonds is 5. The molecular formula is C13H14Cl2N2. The molecule has 90 valence electrons. The summed E-state index contributed by atoms with van der Waals surface area (Å²) < 4.78 is 0. The van der Waals surface area contributed by atoms with Gasteiger partial charge in [0.05, 0.1) is 0 Å². The van der Waals surface area contributed by atoms with Gasteiger partial charge in [-0.2, -0.15) is 0 Å². The fourth-order valence-electron chi connectivity index (χ4n) is 1.80. The molecule has 0 aliphatic rings. The summed E-state index contributed by atoms with van der Waals surface area (Å²) in [6.45, 7) is 0. The van der Waals surface area contributed by atoms with Crippen LogP contribution in [0.2, 0.25) is 10.0 Å². The Bertz CT molecular complexity index is 446. The summed E-state index contributed by atoms with van der Waals surface area (Å²) >= 11 is 12.2. The Morgan fingerprint density at radius 1 is 1.06 bits per heavy atom. The average Bonchev–Trinajstić information content (AvgIpc) is 2.80. The molecule has 0 aliphatic carbocycles. The lowest BCUT2D eigenvalue weighted by Crippen LogP contribution is -1.92. The molecule has 0 fully saturated rings. The largest absolute Gasteiger partial charge is 0.349 e. The van der Waals surface area contributed by atoms with Crippen LogP contribution < -0.4 is 0 Å². The van der Waals surface area contributed by atoms with Crippen molar-refractivity contribution in [3.8, 4) is 0 Å². The van der Waals surface area contributed by atoms with Gasteiger partial charge in [-0.3, -0.25) is 0 Å². The summed E-state index contributed by atoms with van der Waals surface area (Å²) in [5.41, 5.74) is 1.05. The third kappa shape index (κ3) is 3.48. The van der Waals surface area contributed by atoms with Crippen LogP contribution in [-0.4, -0.2) is 9.97 Å². The minimum atomic E-state index is 0.760. The summed E-state index contributed by atoms with van der Waals surface area (Å²) in [6.07, 6.45) is 7.65. The van der Waals surface area contributed by atoms with Crippen molar-refractivity contribution >= 4 is 23.2 Å². The van der Waals surface area contributed by atoms with Gasteiger partial charge in [-0.1, -0.05) is 29.3 Å². The van der Waals surface area contributed by atoms with E-state index in [0.29, 0.717) is 0 Å². The van der Waals surface area contributed by atoms with Crippen molar-refractivity contribution in [3.63, 3.8) is 0 Å². The summed E-state index contributed by atoms with van der Waals surface area (Å²) in [4.78, 5) is 7.28. The lowest BCUT2D eigenvalue weighted by molar-refractivity contribution is 0.713. The number of H-pyrrole nitrogens is 1. The van der Waals surface area contributed by atoms with Gasteiger partial charge in [0.2, 0.25) is 0 Å². The van der Waals surface area contributed by atoms with Crippen molar-refractivity contribution in [2.45, 2.75) is 25.7 Å². The number of benzene rings is 1. The monoisotopic (exact) mass is 268 g/mol. The molecule has 0 spiro atoms. The second-order valence-corrected chi connectivity index (χ2v) is 4.76. The number of nitrogens with zero attached hydrogens (tertiary/aromatic N) is 1. The zero-order valence-electron chi connectivity index (χ0n) is 9.42. The van der Waals surface area contributed by atoms with Crippen molar-refractivity contribution < 1.29 is 0 Å². The molecule has 0 saturated heterocycles. The van der Waals surface area contributed by atoms with Gasteiger partial charge >= 0.3 is 0 Å². The minimum Gasteiger partial charge on any atom is -0.349 e. The Balaban J connectivity index is 1.82. The molecule has 17 heavy (non-hydrogen) atoms. The van der Waals surface area contributed by atoms with Crippen LogP contribution in [0.1, 0.15) is 24.2 Å². The second kappa shape index (κ2) is 6.08. The van der Waals surface area contributed by atoms with Gasteiger partial charge in [0.25, 0.3) is 0 Å². The zero-order valence-corrected chi connectivity index (χ0v) is 10.9. The zero-order chi connectivity index (χ0) is 12.1. The Morgan fingerprint density at radius 3 is 2.41 bits per heavy atom. The van der Waals surface area contributed by atoms with E-state index in [1.807, 2.05) is 24.4 Å². The molecule has 1 heterocycles. The number of imidazole rings is 1. The van der Waals surface area contributed by atoms with E-state index >= 15 is 0 Å². The predicted octanol–water partition coefficient (Wildman–Crippen LogP) is 4.28. The van der Waals surface area contributed by atoms with Gasteiger partial charge < -0.3 is 4.98 Å². The first-order valence-electron chi connectivity index (χ1n) is 5.68. The van der Waals surface area contributed by atoms with Crippen molar-refractivity contribution in [2.75, 3.05) is 0 Å². The van der Waals surface area contributed by atoms with Crippen LogP contribution >= 0.6 is 23.2 Å². The molecule has 2 aromatic rings. The van der Waals surface area contributed by atoms with E-state index in [1.54, 1.807) is 6.20 Å². The Kier molecular flexibility index (Phi) is 4.46. The molecule has 4 heteroatoms. The summed E-state index contributed by atoms with van der Waals surface area (Å²) in [6, 6.07) is 5.64. The van der Waals surface area contributed by atoms with Crippen molar-refractivity contribution in [2.24, 2.45) is 0 Å². The first-order chi connectivity index (χ1) is 8.27. The normalized spacial score (nSPS) is 10.7. The molecule has 0 saturated carbocycles. The maximum atomic E-state index is 6.11. The number of nitrogens with one attached hydrogen (secondary N) is 1. The van der Waals surface area contributed by atoms with Gasteiger partial charge in [-0.15, -0.1) is 0 Å². The van der Waals surface area contributed by atoms with E-state index in [0.717, 1.165) is 47.1 Å². The van der Waals surface area contributed by atoms with Crippen LogP contribution in [0.5, 0.6) is 0 Å².